The highest BCUT2D eigenvalue weighted by atomic mass is 15.4. The summed E-state index contributed by atoms with van der Waals surface area (Å²) in [4.78, 5) is 23.3. The summed E-state index contributed by atoms with van der Waals surface area (Å²) in [5.74, 6) is 2.33. The van der Waals surface area contributed by atoms with Gasteiger partial charge in [0.2, 0.25) is 17.8 Å². The summed E-state index contributed by atoms with van der Waals surface area (Å²) >= 11 is 0. The number of nitrogens with zero attached hydrogens (tertiary/aromatic N) is 6. The highest BCUT2D eigenvalue weighted by Gasteiger charge is 2.20. The lowest BCUT2D eigenvalue weighted by molar-refractivity contribution is 0.556. The summed E-state index contributed by atoms with van der Waals surface area (Å²) < 4.78 is 0. The highest BCUT2D eigenvalue weighted by molar-refractivity contribution is 5.45. The van der Waals surface area contributed by atoms with Gasteiger partial charge in [-0.1, -0.05) is 6.07 Å². The lowest BCUT2D eigenvalue weighted by Crippen LogP contribution is -2.34. The normalized spacial score (nSPS) is 17.8. The zero-order chi connectivity index (χ0) is 18.3. The van der Waals surface area contributed by atoms with Crippen LogP contribution in [0.1, 0.15) is 44.2 Å². The molecule has 2 aliphatic heterocycles. The molecule has 1 N–H and O–H groups in total. The smallest absolute Gasteiger partial charge is 0.231 e. The van der Waals surface area contributed by atoms with Crippen LogP contribution < -0.4 is 15.1 Å². The maximum atomic E-state index is 4.82. The molecule has 0 atom stereocenters. The van der Waals surface area contributed by atoms with Gasteiger partial charge in [-0.15, -0.1) is 0 Å². The van der Waals surface area contributed by atoms with Gasteiger partial charge in [-0.25, -0.2) is 0 Å². The van der Waals surface area contributed by atoms with Gasteiger partial charge in [0.1, 0.15) is 0 Å². The maximum absolute atomic E-state index is 4.82. The van der Waals surface area contributed by atoms with Crippen molar-refractivity contribution in [1.82, 2.24) is 19.9 Å². The summed E-state index contributed by atoms with van der Waals surface area (Å²) in [6.07, 6.45) is 10.2. The van der Waals surface area contributed by atoms with E-state index in [1.165, 1.54) is 38.5 Å². The number of hydrogen-bond acceptors (Lipinski definition) is 7. The Morgan fingerprint density at radius 2 is 1.41 bits per heavy atom. The molecule has 4 heterocycles. The van der Waals surface area contributed by atoms with Gasteiger partial charge in [-0.2, -0.15) is 15.0 Å². The zero-order valence-corrected chi connectivity index (χ0v) is 16.0. The second-order valence-corrected chi connectivity index (χ2v) is 7.35. The summed E-state index contributed by atoms with van der Waals surface area (Å²) in [7, 11) is 0. The first-order chi connectivity index (χ1) is 13.4. The summed E-state index contributed by atoms with van der Waals surface area (Å²) in [6.45, 7) is 4.92. The molecule has 0 aliphatic carbocycles. The fourth-order valence-electron chi connectivity index (χ4n) is 3.75. The Morgan fingerprint density at radius 1 is 0.778 bits per heavy atom. The first-order valence-corrected chi connectivity index (χ1v) is 10.3. The summed E-state index contributed by atoms with van der Waals surface area (Å²) in [5.41, 5.74) is 1.08. The third-order valence-corrected chi connectivity index (χ3v) is 5.28. The van der Waals surface area contributed by atoms with Crippen LogP contribution in [0, 0.1) is 0 Å². The molecule has 0 saturated carbocycles. The molecule has 2 aliphatic rings. The van der Waals surface area contributed by atoms with Crippen LogP contribution in [0.4, 0.5) is 17.8 Å². The number of pyridine rings is 1. The Hall–Kier alpha value is -2.44. The molecule has 2 fully saturated rings. The molecule has 2 aromatic rings. The minimum absolute atomic E-state index is 0.682. The number of rotatable bonds is 6. The third-order valence-electron chi connectivity index (χ3n) is 5.28. The van der Waals surface area contributed by atoms with E-state index >= 15 is 0 Å². The SMILES string of the molecule is c1ccc(CCNc2nc(N3CCCCC3)nc(N3CCCCC3)n2)nc1. The molecule has 0 radical (unpaired) electrons. The first-order valence-electron chi connectivity index (χ1n) is 10.3. The van der Waals surface area contributed by atoms with Crippen LogP contribution in [0.15, 0.2) is 24.4 Å². The number of hydrogen-bond donors (Lipinski definition) is 1. The van der Waals surface area contributed by atoms with Crippen LogP contribution in [0.5, 0.6) is 0 Å². The van der Waals surface area contributed by atoms with Crippen LogP contribution in [-0.4, -0.2) is 52.7 Å². The number of nitrogens with one attached hydrogen (secondary N) is 1. The predicted molar refractivity (Wildman–Crippen MR) is 108 cm³/mol. The van der Waals surface area contributed by atoms with Gasteiger partial charge in [0, 0.05) is 51.0 Å². The summed E-state index contributed by atoms with van der Waals surface area (Å²) in [5, 5.41) is 3.40. The van der Waals surface area contributed by atoms with Gasteiger partial charge < -0.3 is 15.1 Å². The topological polar surface area (TPSA) is 70.1 Å². The van der Waals surface area contributed by atoms with Gasteiger partial charge in [0.25, 0.3) is 0 Å². The molecule has 0 bridgehead atoms. The monoisotopic (exact) mass is 367 g/mol. The van der Waals surface area contributed by atoms with Crippen molar-refractivity contribution < 1.29 is 0 Å². The Morgan fingerprint density at radius 3 is 1.96 bits per heavy atom. The van der Waals surface area contributed by atoms with Crippen LogP contribution in [0.25, 0.3) is 0 Å². The van der Waals surface area contributed by atoms with Crippen LogP contribution >= 0.6 is 0 Å². The molecule has 0 aromatic carbocycles. The maximum Gasteiger partial charge on any atom is 0.231 e. The van der Waals surface area contributed by atoms with Crippen molar-refractivity contribution in [2.75, 3.05) is 47.8 Å². The van der Waals surface area contributed by atoms with E-state index in [0.29, 0.717) is 5.95 Å². The molecule has 27 heavy (non-hydrogen) atoms. The molecule has 4 rings (SSSR count). The predicted octanol–water partition coefficient (Wildman–Crippen LogP) is 2.90. The fraction of sp³-hybridized carbons (Fsp3) is 0.600. The van der Waals surface area contributed by atoms with E-state index in [1.807, 2.05) is 24.4 Å². The molecule has 7 heteroatoms. The lowest BCUT2D eigenvalue weighted by atomic mass is 10.1. The minimum Gasteiger partial charge on any atom is -0.354 e. The van der Waals surface area contributed by atoms with Gasteiger partial charge in [-0.3, -0.25) is 4.98 Å². The van der Waals surface area contributed by atoms with Crippen molar-refractivity contribution in [2.24, 2.45) is 0 Å². The number of aromatic nitrogens is 4. The molecule has 144 valence electrons. The van der Waals surface area contributed by atoms with Gasteiger partial charge >= 0.3 is 0 Å². The molecular formula is C20H29N7. The van der Waals surface area contributed by atoms with Crippen molar-refractivity contribution in [3.63, 3.8) is 0 Å². The number of anilines is 3. The Bertz CT molecular complexity index is 673. The van der Waals surface area contributed by atoms with E-state index in [2.05, 4.69) is 20.1 Å². The van der Waals surface area contributed by atoms with Crippen LogP contribution in [0.2, 0.25) is 0 Å². The largest absolute Gasteiger partial charge is 0.354 e. The quantitative estimate of drug-likeness (QED) is 0.842. The Labute approximate surface area is 161 Å². The van der Waals surface area contributed by atoms with E-state index in [1.54, 1.807) is 0 Å². The first kappa shape index (κ1) is 17.9. The Kier molecular flexibility index (Phi) is 5.96. The van der Waals surface area contributed by atoms with Crippen LogP contribution in [0.3, 0.4) is 0 Å². The average Bonchev–Trinajstić information content (AvgIpc) is 2.76. The third kappa shape index (κ3) is 4.84. The van der Waals surface area contributed by atoms with Crippen molar-refractivity contribution in [1.29, 1.82) is 0 Å². The van der Waals surface area contributed by atoms with Crippen molar-refractivity contribution in [3.8, 4) is 0 Å². The van der Waals surface area contributed by atoms with Crippen LogP contribution in [-0.2, 0) is 6.42 Å². The molecule has 2 aromatic heterocycles. The van der Waals surface area contributed by atoms with Gasteiger partial charge in [0.05, 0.1) is 0 Å². The lowest BCUT2D eigenvalue weighted by Gasteiger charge is -2.30. The van der Waals surface area contributed by atoms with Crippen molar-refractivity contribution in [2.45, 2.75) is 44.9 Å². The van der Waals surface area contributed by atoms with Gasteiger partial charge in [-0.05, 0) is 50.7 Å². The second kappa shape index (κ2) is 8.97. The van der Waals surface area contributed by atoms with E-state index in [4.69, 9.17) is 15.0 Å². The highest BCUT2D eigenvalue weighted by Crippen LogP contribution is 2.22. The van der Waals surface area contributed by atoms with Crippen molar-refractivity contribution in [3.05, 3.63) is 30.1 Å². The van der Waals surface area contributed by atoms with E-state index in [0.717, 1.165) is 56.7 Å². The second-order valence-electron chi connectivity index (χ2n) is 7.35. The standard InChI is InChI=1S/C20H29N7/c1-5-13-26(14-6-1)19-23-18(22-12-10-17-9-3-4-11-21-17)24-20(25-19)27-15-7-2-8-16-27/h3-4,9,11H,1-2,5-8,10,12-16H2,(H,22,23,24,25). The Balaban J connectivity index is 1.49. The summed E-state index contributed by atoms with van der Waals surface area (Å²) in [6, 6.07) is 6.01. The average molecular weight is 368 g/mol. The van der Waals surface area contributed by atoms with Crippen molar-refractivity contribution >= 4 is 17.8 Å². The van der Waals surface area contributed by atoms with Gasteiger partial charge in [0.15, 0.2) is 0 Å². The molecule has 0 spiro atoms. The minimum atomic E-state index is 0.682. The molecule has 0 unspecified atom stereocenters. The van der Waals surface area contributed by atoms with E-state index < -0.39 is 0 Å². The fourth-order valence-corrected chi connectivity index (χ4v) is 3.75. The zero-order valence-electron chi connectivity index (χ0n) is 16.0. The molecular weight excluding hydrogens is 338 g/mol. The molecule has 7 nitrogen and oxygen atoms in total. The number of piperidine rings is 2. The molecule has 0 amide bonds. The van der Waals surface area contributed by atoms with E-state index in [9.17, 15) is 0 Å². The van der Waals surface area contributed by atoms with E-state index in [-0.39, 0.29) is 0 Å². The molecule has 2 saturated heterocycles.